The van der Waals surface area contributed by atoms with Crippen molar-refractivity contribution in [1.29, 1.82) is 0 Å². The minimum absolute atomic E-state index is 0.586. The van der Waals surface area contributed by atoms with Crippen LogP contribution in [0.5, 0.6) is 0 Å². The van der Waals surface area contributed by atoms with Crippen molar-refractivity contribution in [1.82, 2.24) is 15.0 Å². The van der Waals surface area contributed by atoms with Crippen molar-refractivity contribution in [3.8, 4) is 34.2 Å². The van der Waals surface area contributed by atoms with Crippen LogP contribution in [0.4, 0.5) is 0 Å². The van der Waals surface area contributed by atoms with Gasteiger partial charge in [0.1, 0.15) is 22.3 Å². The average Bonchev–Trinajstić information content (AvgIpc) is 3.87. The SMILES string of the molecule is c1ccc(-c2nc(-c3cccc([Si](c4ccccc4)(c4ccccc4)c4cccc5c4oc4ccccc45)c3)nc(-c3cccc4oc5ccccc5c34)n2)cc1. The quantitative estimate of drug-likeness (QED) is 0.120. The van der Waals surface area contributed by atoms with Gasteiger partial charge in [0.25, 0.3) is 0 Å². The molecule has 268 valence electrons. The number of para-hydroxylation sites is 3. The van der Waals surface area contributed by atoms with Crippen molar-refractivity contribution in [2.24, 2.45) is 0 Å². The Labute approximate surface area is 329 Å². The summed E-state index contributed by atoms with van der Waals surface area (Å²) in [7, 11) is -3.08. The topological polar surface area (TPSA) is 65.0 Å². The molecule has 3 aromatic heterocycles. The van der Waals surface area contributed by atoms with Gasteiger partial charge < -0.3 is 8.83 Å². The Balaban J connectivity index is 1.19. The predicted octanol–water partition coefficient (Wildman–Crippen LogP) is 10.0. The molecule has 0 radical (unpaired) electrons. The van der Waals surface area contributed by atoms with Crippen LogP contribution in [0.2, 0.25) is 0 Å². The maximum absolute atomic E-state index is 6.85. The maximum atomic E-state index is 6.85. The van der Waals surface area contributed by atoms with E-state index < -0.39 is 8.07 Å². The van der Waals surface area contributed by atoms with Gasteiger partial charge in [0.2, 0.25) is 0 Å². The van der Waals surface area contributed by atoms with Gasteiger partial charge in [0.05, 0.1) is 0 Å². The van der Waals surface area contributed by atoms with Crippen LogP contribution in [-0.4, -0.2) is 23.0 Å². The van der Waals surface area contributed by atoms with Crippen molar-refractivity contribution in [3.63, 3.8) is 0 Å². The third-order valence-electron chi connectivity index (χ3n) is 11.1. The molecule has 57 heavy (non-hydrogen) atoms. The zero-order chi connectivity index (χ0) is 37.8. The summed E-state index contributed by atoms with van der Waals surface area (Å²) >= 11 is 0. The second-order valence-corrected chi connectivity index (χ2v) is 18.1. The first-order valence-electron chi connectivity index (χ1n) is 19.1. The molecule has 0 amide bonds. The Kier molecular flexibility index (Phi) is 7.76. The third-order valence-corrected chi connectivity index (χ3v) is 15.9. The molecule has 0 aliphatic heterocycles. The summed E-state index contributed by atoms with van der Waals surface area (Å²) in [5.74, 6) is 1.78. The molecule has 0 fully saturated rings. The van der Waals surface area contributed by atoms with Crippen molar-refractivity contribution < 1.29 is 8.83 Å². The van der Waals surface area contributed by atoms with Crippen molar-refractivity contribution in [2.75, 3.05) is 0 Å². The summed E-state index contributed by atoms with van der Waals surface area (Å²) < 4.78 is 13.2. The van der Waals surface area contributed by atoms with Crippen LogP contribution in [-0.2, 0) is 0 Å². The van der Waals surface area contributed by atoms with Gasteiger partial charge in [0, 0.05) is 38.2 Å². The smallest absolute Gasteiger partial charge is 0.184 e. The molecule has 0 unspecified atom stereocenters. The lowest BCUT2D eigenvalue weighted by Gasteiger charge is -2.34. The lowest BCUT2D eigenvalue weighted by Crippen LogP contribution is -2.74. The first kappa shape index (κ1) is 33.0. The fraction of sp³-hybridized carbons (Fsp3) is 0. The molecule has 5 nitrogen and oxygen atoms in total. The summed E-state index contributed by atoms with van der Waals surface area (Å²) in [4.78, 5) is 15.6. The normalized spacial score (nSPS) is 11.9. The van der Waals surface area contributed by atoms with Gasteiger partial charge in [-0.3, -0.25) is 0 Å². The fourth-order valence-electron chi connectivity index (χ4n) is 8.58. The fourth-order valence-corrected chi connectivity index (χ4v) is 13.5. The van der Waals surface area contributed by atoms with E-state index in [1.807, 2.05) is 66.7 Å². The molecule has 6 heteroatoms. The highest BCUT2D eigenvalue weighted by molar-refractivity contribution is 7.20. The van der Waals surface area contributed by atoms with Crippen molar-refractivity contribution >= 4 is 72.7 Å². The zero-order valence-electron chi connectivity index (χ0n) is 30.7. The largest absolute Gasteiger partial charge is 0.456 e. The van der Waals surface area contributed by atoms with E-state index in [0.717, 1.165) is 60.6 Å². The molecule has 0 saturated carbocycles. The monoisotopic (exact) mass is 747 g/mol. The summed E-state index contributed by atoms with van der Waals surface area (Å²) in [6, 6.07) is 70.0. The van der Waals surface area contributed by atoms with Gasteiger partial charge in [-0.15, -0.1) is 0 Å². The summed E-state index contributed by atoms with van der Waals surface area (Å²) in [5, 5.41) is 9.10. The first-order chi connectivity index (χ1) is 28.3. The summed E-state index contributed by atoms with van der Waals surface area (Å²) in [6.07, 6.45) is 0. The molecule has 8 aromatic carbocycles. The number of aromatic nitrogens is 3. The molecule has 0 aliphatic carbocycles. The van der Waals surface area contributed by atoms with Crippen LogP contribution in [0, 0.1) is 0 Å². The molecule has 0 atom stereocenters. The number of nitrogens with zero attached hydrogens (tertiary/aromatic N) is 3. The van der Waals surface area contributed by atoms with Gasteiger partial charge in [0.15, 0.2) is 25.5 Å². The molecular formula is C51H33N3O2Si. The zero-order valence-corrected chi connectivity index (χ0v) is 31.7. The Morgan fingerprint density at radius 2 is 0.860 bits per heavy atom. The molecule has 0 bridgehead atoms. The van der Waals surface area contributed by atoms with Crippen LogP contribution >= 0.6 is 0 Å². The Morgan fingerprint density at radius 3 is 1.60 bits per heavy atom. The molecule has 11 rings (SSSR count). The standard InChI is InChI=1S/C51H33N3O2Si/c1-4-17-34(18-5-1)49-52-50(54-51(53-49)42-28-15-31-45-47(42)41-26-11-13-30-44(41)55-45)35-19-14-24-38(33-35)57(36-20-6-2-7-21-36,37-22-8-3-9-23-37)46-32-16-27-40-39-25-10-12-29-43(39)56-48(40)46/h1-33H. The molecule has 3 heterocycles. The Bertz CT molecular complexity index is 3210. The van der Waals surface area contributed by atoms with Crippen LogP contribution in [0.15, 0.2) is 209 Å². The van der Waals surface area contributed by atoms with Gasteiger partial charge in [-0.25, -0.2) is 15.0 Å². The highest BCUT2D eigenvalue weighted by atomic mass is 28.3. The van der Waals surface area contributed by atoms with E-state index in [2.05, 4.69) is 133 Å². The van der Waals surface area contributed by atoms with E-state index in [1.165, 1.54) is 20.7 Å². The van der Waals surface area contributed by atoms with Gasteiger partial charge in [-0.2, -0.15) is 0 Å². The van der Waals surface area contributed by atoms with Gasteiger partial charge >= 0.3 is 0 Å². The van der Waals surface area contributed by atoms with E-state index in [4.69, 9.17) is 23.8 Å². The number of rotatable bonds is 7. The molecule has 0 aliphatic rings. The van der Waals surface area contributed by atoms with Crippen LogP contribution in [0.1, 0.15) is 0 Å². The first-order valence-corrected chi connectivity index (χ1v) is 21.1. The molecule has 0 saturated heterocycles. The van der Waals surface area contributed by atoms with E-state index in [0.29, 0.717) is 17.5 Å². The highest BCUT2D eigenvalue weighted by Crippen LogP contribution is 2.36. The highest BCUT2D eigenvalue weighted by Gasteiger charge is 2.44. The maximum Gasteiger partial charge on any atom is 0.184 e. The molecular weight excluding hydrogens is 715 g/mol. The average molecular weight is 748 g/mol. The number of benzene rings is 8. The molecule has 0 N–H and O–H groups in total. The second-order valence-electron chi connectivity index (χ2n) is 14.3. The van der Waals surface area contributed by atoms with Gasteiger partial charge in [-0.05, 0) is 38.9 Å². The Hall–Kier alpha value is -7.41. The number of hydrogen-bond acceptors (Lipinski definition) is 5. The molecule has 11 aromatic rings. The summed E-state index contributed by atoms with van der Waals surface area (Å²) in [5.41, 5.74) is 6.12. The lowest BCUT2D eigenvalue weighted by molar-refractivity contribution is 0.669. The summed E-state index contributed by atoms with van der Waals surface area (Å²) in [6.45, 7) is 0. The number of furan rings is 2. The number of fused-ring (bicyclic) bond motifs is 6. The Morgan fingerprint density at radius 1 is 0.351 bits per heavy atom. The van der Waals surface area contributed by atoms with Gasteiger partial charge in [-0.1, -0.05) is 182 Å². The molecule has 0 spiro atoms. The van der Waals surface area contributed by atoms with E-state index in [9.17, 15) is 0 Å². The number of hydrogen-bond donors (Lipinski definition) is 0. The minimum Gasteiger partial charge on any atom is -0.456 e. The van der Waals surface area contributed by atoms with Crippen molar-refractivity contribution in [2.45, 2.75) is 0 Å². The van der Waals surface area contributed by atoms with E-state index in [1.54, 1.807) is 0 Å². The minimum atomic E-state index is -3.08. The van der Waals surface area contributed by atoms with Crippen molar-refractivity contribution in [3.05, 3.63) is 200 Å². The van der Waals surface area contributed by atoms with Crippen LogP contribution in [0.25, 0.3) is 78.0 Å². The second kappa shape index (κ2) is 13.4. The predicted molar refractivity (Wildman–Crippen MR) is 234 cm³/mol. The van der Waals surface area contributed by atoms with Crippen LogP contribution in [0.3, 0.4) is 0 Å². The van der Waals surface area contributed by atoms with E-state index in [-0.39, 0.29) is 0 Å². The van der Waals surface area contributed by atoms with Crippen LogP contribution < -0.4 is 20.7 Å². The lowest BCUT2D eigenvalue weighted by atomic mass is 10.1. The third kappa shape index (κ3) is 5.34. The van der Waals surface area contributed by atoms with E-state index >= 15 is 0 Å².